The van der Waals surface area contributed by atoms with E-state index < -0.39 is 0 Å². The van der Waals surface area contributed by atoms with Gasteiger partial charge in [-0.05, 0) is 101 Å². The van der Waals surface area contributed by atoms with Gasteiger partial charge in [-0.1, -0.05) is 18.2 Å². The molecule has 1 amide bonds. The molecule has 6 heteroatoms. The molecule has 36 heavy (non-hydrogen) atoms. The van der Waals surface area contributed by atoms with E-state index in [1.165, 1.54) is 5.56 Å². The van der Waals surface area contributed by atoms with Gasteiger partial charge in [0, 0.05) is 53.1 Å². The minimum atomic E-state index is -0.185. The third-order valence-corrected chi connectivity index (χ3v) is 6.60. The van der Waals surface area contributed by atoms with Gasteiger partial charge in [0.15, 0.2) is 0 Å². The molecule has 0 unspecified atom stereocenters. The summed E-state index contributed by atoms with van der Waals surface area (Å²) in [5.41, 5.74) is 8.10. The van der Waals surface area contributed by atoms with Gasteiger partial charge in [0.25, 0.3) is 11.5 Å². The number of aromatic nitrogens is 2. The lowest BCUT2D eigenvalue weighted by atomic mass is 9.96. The van der Waals surface area contributed by atoms with Crippen molar-refractivity contribution >= 4 is 16.8 Å². The number of fused-ring (bicyclic) bond motifs is 1. The van der Waals surface area contributed by atoms with E-state index in [-0.39, 0.29) is 24.1 Å². The van der Waals surface area contributed by atoms with Crippen molar-refractivity contribution in [1.82, 2.24) is 19.8 Å². The zero-order chi connectivity index (χ0) is 26.1. The van der Waals surface area contributed by atoms with Crippen LogP contribution in [0.25, 0.3) is 22.0 Å². The second-order valence-corrected chi connectivity index (χ2v) is 10.3. The van der Waals surface area contributed by atoms with E-state index in [2.05, 4.69) is 84.2 Å². The standard InChI is InChI=1S/C30H36N4O2/c1-18(2)34-16-20(4)28-25(29(35)31-15-26-19(3)11-21(5)32-30(26)36)13-24(14-27(28)34)23-10-8-9-22(12-23)17-33(6)7/h8-14,16,18H,15,17H2,1-7H3,(H,31,35)(H,32,36). The molecule has 0 aliphatic heterocycles. The largest absolute Gasteiger partial charge is 0.348 e. The van der Waals surface area contributed by atoms with E-state index in [0.29, 0.717) is 11.1 Å². The van der Waals surface area contributed by atoms with Gasteiger partial charge in [-0.3, -0.25) is 9.59 Å². The van der Waals surface area contributed by atoms with Crippen LogP contribution >= 0.6 is 0 Å². The summed E-state index contributed by atoms with van der Waals surface area (Å²) in [6.07, 6.45) is 2.12. The highest BCUT2D eigenvalue weighted by molar-refractivity contribution is 6.09. The van der Waals surface area contributed by atoms with Crippen LogP contribution in [0, 0.1) is 20.8 Å². The van der Waals surface area contributed by atoms with Crippen LogP contribution in [-0.2, 0) is 13.1 Å². The lowest BCUT2D eigenvalue weighted by Gasteiger charge is -2.15. The number of pyridine rings is 1. The van der Waals surface area contributed by atoms with E-state index in [1.54, 1.807) is 0 Å². The normalized spacial score (nSPS) is 11.6. The SMILES string of the molecule is Cc1cc(C)c(CNC(=O)c2cc(-c3cccc(CN(C)C)c3)cc3c2c(C)cn3C(C)C)c(=O)[nH]1. The predicted octanol–water partition coefficient (Wildman–Crippen LogP) is 5.49. The first-order valence-corrected chi connectivity index (χ1v) is 12.4. The Labute approximate surface area is 213 Å². The number of rotatable bonds is 7. The topological polar surface area (TPSA) is 70.1 Å². The maximum absolute atomic E-state index is 13.6. The molecule has 188 valence electrons. The fourth-order valence-electron chi connectivity index (χ4n) is 4.94. The third-order valence-electron chi connectivity index (χ3n) is 6.60. The Morgan fingerprint density at radius 3 is 2.44 bits per heavy atom. The molecule has 2 N–H and O–H groups in total. The second kappa shape index (κ2) is 10.2. The maximum atomic E-state index is 13.6. The van der Waals surface area contributed by atoms with E-state index in [9.17, 15) is 9.59 Å². The minimum absolute atomic E-state index is 0.161. The van der Waals surface area contributed by atoms with Crippen molar-refractivity contribution in [1.29, 1.82) is 0 Å². The molecule has 0 fully saturated rings. The zero-order valence-corrected chi connectivity index (χ0v) is 22.3. The summed E-state index contributed by atoms with van der Waals surface area (Å²) >= 11 is 0. The Morgan fingerprint density at radius 2 is 1.78 bits per heavy atom. The van der Waals surface area contributed by atoms with Crippen molar-refractivity contribution in [3.05, 3.63) is 92.5 Å². The average molecular weight is 485 g/mol. The van der Waals surface area contributed by atoms with Crippen molar-refractivity contribution in [2.45, 2.75) is 53.8 Å². The van der Waals surface area contributed by atoms with Crippen LogP contribution < -0.4 is 10.9 Å². The van der Waals surface area contributed by atoms with E-state index in [1.807, 2.05) is 32.9 Å². The molecule has 0 atom stereocenters. The Hall–Kier alpha value is -3.64. The molecule has 0 aliphatic rings. The van der Waals surface area contributed by atoms with Crippen LogP contribution in [0.3, 0.4) is 0 Å². The minimum Gasteiger partial charge on any atom is -0.348 e. The van der Waals surface area contributed by atoms with Gasteiger partial charge in [0.05, 0.1) is 0 Å². The van der Waals surface area contributed by atoms with E-state index in [0.717, 1.165) is 45.4 Å². The summed E-state index contributed by atoms with van der Waals surface area (Å²) in [5, 5.41) is 3.96. The van der Waals surface area contributed by atoms with Crippen molar-refractivity contribution in [3.63, 3.8) is 0 Å². The Kier molecular flexibility index (Phi) is 7.18. The fourth-order valence-corrected chi connectivity index (χ4v) is 4.94. The summed E-state index contributed by atoms with van der Waals surface area (Å²) in [4.78, 5) is 31.1. The Balaban J connectivity index is 1.80. The second-order valence-electron chi connectivity index (χ2n) is 10.3. The Bertz CT molecular complexity index is 1490. The van der Waals surface area contributed by atoms with Crippen LogP contribution in [0.1, 0.15) is 58.2 Å². The number of aromatic amines is 1. The summed E-state index contributed by atoms with van der Waals surface area (Å²) in [5.74, 6) is -0.185. The molecule has 0 saturated carbocycles. The Morgan fingerprint density at radius 1 is 1.03 bits per heavy atom. The van der Waals surface area contributed by atoms with Crippen LogP contribution in [-0.4, -0.2) is 34.5 Å². The lowest BCUT2D eigenvalue weighted by Crippen LogP contribution is -2.28. The van der Waals surface area contributed by atoms with Gasteiger partial charge >= 0.3 is 0 Å². The number of amides is 1. The quantitative estimate of drug-likeness (QED) is 0.364. The smallest absolute Gasteiger partial charge is 0.253 e. The number of H-pyrrole nitrogens is 1. The van der Waals surface area contributed by atoms with Gasteiger partial charge in [0.1, 0.15) is 0 Å². The molecule has 2 aromatic carbocycles. The number of nitrogens with zero attached hydrogens (tertiary/aromatic N) is 2. The molecule has 2 aromatic heterocycles. The summed E-state index contributed by atoms with van der Waals surface area (Å²) in [7, 11) is 4.11. The zero-order valence-electron chi connectivity index (χ0n) is 22.3. The third kappa shape index (κ3) is 5.14. The molecule has 0 spiro atoms. The molecule has 0 radical (unpaired) electrons. The van der Waals surface area contributed by atoms with Crippen molar-refractivity contribution in [3.8, 4) is 11.1 Å². The van der Waals surface area contributed by atoms with Crippen LogP contribution in [0.4, 0.5) is 0 Å². The molecular formula is C30H36N4O2. The van der Waals surface area contributed by atoms with Crippen LogP contribution in [0.2, 0.25) is 0 Å². The van der Waals surface area contributed by atoms with Crippen molar-refractivity contribution in [2.75, 3.05) is 14.1 Å². The number of hydrogen-bond donors (Lipinski definition) is 2. The summed E-state index contributed by atoms with van der Waals surface area (Å²) in [6.45, 7) is 11.1. The molecule has 0 saturated heterocycles. The van der Waals surface area contributed by atoms with Crippen molar-refractivity contribution < 1.29 is 4.79 Å². The molecule has 0 bridgehead atoms. The van der Waals surface area contributed by atoms with E-state index in [4.69, 9.17) is 0 Å². The maximum Gasteiger partial charge on any atom is 0.253 e. The highest BCUT2D eigenvalue weighted by Gasteiger charge is 2.19. The first-order chi connectivity index (χ1) is 17.0. The molecule has 4 aromatic rings. The van der Waals surface area contributed by atoms with Crippen LogP contribution in [0.5, 0.6) is 0 Å². The average Bonchev–Trinajstić information content (AvgIpc) is 3.14. The monoisotopic (exact) mass is 484 g/mol. The number of hydrogen-bond acceptors (Lipinski definition) is 3. The van der Waals surface area contributed by atoms with Crippen LogP contribution in [0.15, 0.2) is 53.5 Å². The molecule has 4 rings (SSSR count). The summed E-state index contributed by atoms with van der Waals surface area (Å²) in [6, 6.07) is 14.8. The fraction of sp³-hybridized carbons (Fsp3) is 0.333. The predicted molar refractivity (Wildman–Crippen MR) is 148 cm³/mol. The van der Waals surface area contributed by atoms with Crippen molar-refractivity contribution in [2.24, 2.45) is 0 Å². The molecule has 2 heterocycles. The van der Waals surface area contributed by atoms with Gasteiger partial charge in [-0.2, -0.15) is 0 Å². The molecular weight excluding hydrogens is 448 g/mol. The highest BCUT2D eigenvalue weighted by atomic mass is 16.1. The first kappa shape index (κ1) is 25.5. The number of nitrogens with one attached hydrogen (secondary N) is 2. The highest BCUT2D eigenvalue weighted by Crippen LogP contribution is 2.33. The van der Waals surface area contributed by atoms with Gasteiger partial charge < -0.3 is 19.8 Å². The summed E-state index contributed by atoms with van der Waals surface area (Å²) < 4.78 is 2.23. The first-order valence-electron chi connectivity index (χ1n) is 12.4. The van der Waals surface area contributed by atoms with Gasteiger partial charge in [-0.25, -0.2) is 0 Å². The number of aryl methyl sites for hydroxylation is 3. The molecule has 0 aliphatic carbocycles. The van der Waals surface area contributed by atoms with Gasteiger partial charge in [-0.15, -0.1) is 0 Å². The number of carbonyl (C=O) groups is 1. The molecule has 6 nitrogen and oxygen atoms in total. The van der Waals surface area contributed by atoms with Gasteiger partial charge in [0.2, 0.25) is 0 Å². The lowest BCUT2D eigenvalue weighted by molar-refractivity contribution is 0.0952. The van der Waals surface area contributed by atoms with E-state index >= 15 is 0 Å². The number of carbonyl (C=O) groups excluding carboxylic acids is 1. The number of benzene rings is 2.